The Labute approximate surface area is 172 Å². The van der Waals surface area contributed by atoms with E-state index in [1.54, 1.807) is 41.8 Å². The van der Waals surface area contributed by atoms with Crippen LogP contribution in [0.2, 0.25) is 0 Å². The molecule has 1 heterocycles. The van der Waals surface area contributed by atoms with Crippen molar-refractivity contribution in [2.45, 2.75) is 18.2 Å². The first-order valence-electron chi connectivity index (χ1n) is 8.63. The Morgan fingerprint density at radius 1 is 1.07 bits per heavy atom. The molecule has 29 heavy (non-hydrogen) atoms. The molecule has 0 aliphatic carbocycles. The van der Waals surface area contributed by atoms with E-state index in [1.165, 1.54) is 30.4 Å². The highest BCUT2D eigenvalue weighted by molar-refractivity contribution is 7.90. The quantitative estimate of drug-likeness (QED) is 0.555. The summed E-state index contributed by atoms with van der Waals surface area (Å²) >= 11 is 1.34. The van der Waals surface area contributed by atoms with E-state index in [9.17, 15) is 18.0 Å². The number of sulfone groups is 1. The first-order valence-corrected chi connectivity index (χ1v) is 11.4. The number of hydrogen-bond donors (Lipinski definition) is 2. The molecule has 0 aliphatic rings. The summed E-state index contributed by atoms with van der Waals surface area (Å²) in [7, 11) is -3.24. The number of carbonyl (C=O) groups excluding carboxylic acids is 2. The molecule has 0 saturated carbocycles. The lowest BCUT2D eigenvalue weighted by molar-refractivity contribution is -0.115. The van der Waals surface area contributed by atoms with E-state index in [0.717, 1.165) is 6.26 Å². The normalized spacial score (nSPS) is 11.1. The number of rotatable bonds is 7. The van der Waals surface area contributed by atoms with Crippen molar-refractivity contribution in [1.29, 1.82) is 0 Å². The third-order valence-electron chi connectivity index (χ3n) is 3.98. The van der Waals surface area contributed by atoms with Gasteiger partial charge in [0.05, 0.1) is 17.0 Å². The van der Waals surface area contributed by atoms with Gasteiger partial charge < -0.3 is 10.6 Å². The van der Waals surface area contributed by atoms with Gasteiger partial charge in [-0.2, -0.15) is 0 Å². The fourth-order valence-electron chi connectivity index (χ4n) is 2.54. The van der Waals surface area contributed by atoms with Gasteiger partial charge in [-0.25, -0.2) is 13.4 Å². The second kappa shape index (κ2) is 8.54. The van der Waals surface area contributed by atoms with Crippen molar-refractivity contribution in [3.63, 3.8) is 0 Å². The number of carbonyl (C=O) groups is 2. The van der Waals surface area contributed by atoms with Crippen LogP contribution < -0.4 is 10.6 Å². The third-order valence-corrected chi connectivity index (χ3v) is 5.92. The number of thiazole rings is 1. The van der Waals surface area contributed by atoms with E-state index >= 15 is 0 Å². The van der Waals surface area contributed by atoms with Crippen molar-refractivity contribution in [1.82, 2.24) is 4.98 Å². The topological polar surface area (TPSA) is 105 Å². The molecule has 0 saturated heterocycles. The predicted octanol–water partition coefficient (Wildman–Crippen LogP) is 3.67. The van der Waals surface area contributed by atoms with Crippen LogP contribution in [0.3, 0.4) is 0 Å². The van der Waals surface area contributed by atoms with E-state index in [1.807, 2.05) is 0 Å². The number of nitrogens with zero attached hydrogens (tertiary/aromatic N) is 1. The van der Waals surface area contributed by atoms with Crippen LogP contribution in [0.5, 0.6) is 0 Å². The molecule has 9 heteroatoms. The highest BCUT2D eigenvalue weighted by Crippen LogP contribution is 2.23. The van der Waals surface area contributed by atoms with Crippen molar-refractivity contribution in [3.8, 4) is 0 Å². The van der Waals surface area contributed by atoms with Gasteiger partial charge in [0, 0.05) is 28.6 Å². The molecule has 2 N–H and O–H groups in total. The zero-order valence-electron chi connectivity index (χ0n) is 15.8. The lowest BCUT2D eigenvalue weighted by Crippen LogP contribution is -2.14. The summed E-state index contributed by atoms with van der Waals surface area (Å²) in [5.41, 5.74) is 2.39. The number of anilines is 3. The molecule has 1 amide bonds. The smallest absolute Gasteiger partial charge is 0.230 e. The number of nitrogens with one attached hydrogen (secondary N) is 2. The summed E-state index contributed by atoms with van der Waals surface area (Å²) in [6.07, 6.45) is 1.25. The molecular weight excluding hydrogens is 410 g/mol. The molecular formula is C20H19N3O4S2. The van der Waals surface area contributed by atoms with Gasteiger partial charge in [-0.05, 0) is 43.3 Å². The number of ketones is 1. The SMILES string of the molecule is CC(=O)c1cccc(NC(=O)Cc2csc(Nc3ccc(S(C)(=O)=O)cc3)n2)c1. The minimum Gasteiger partial charge on any atom is -0.332 e. The maximum atomic E-state index is 12.3. The number of aromatic nitrogens is 1. The molecule has 0 unspecified atom stereocenters. The van der Waals surface area contributed by atoms with E-state index in [-0.39, 0.29) is 23.0 Å². The molecule has 0 aliphatic heterocycles. The lowest BCUT2D eigenvalue weighted by atomic mass is 10.1. The number of Topliss-reactive ketones (excluding diaryl/α,β-unsaturated/α-hetero) is 1. The van der Waals surface area contributed by atoms with E-state index in [4.69, 9.17) is 0 Å². The molecule has 0 fully saturated rings. The van der Waals surface area contributed by atoms with Crippen molar-refractivity contribution in [2.24, 2.45) is 0 Å². The molecule has 7 nitrogen and oxygen atoms in total. The number of amides is 1. The van der Waals surface area contributed by atoms with Crippen LogP contribution in [0.15, 0.2) is 58.8 Å². The van der Waals surface area contributed by atoms with Gasteiger partial charge in [-0.3, -0.25) is 9.59 Å². The Kier molecular flexibility index (Phi) is 6.09. The Bertz CT molecular complexity index is 1150. The molecule has 3 aromatic rings. The van der Waals surface area contributed by atoms with Crippen LogP contribution >= 0.6 is 11.3 Å². The second-order valence-corrected chi connectivity index (χ2v) is 9.30. The third kappa shape index (κ3) is 5.72. The fraction of sp³-hybridized carbons (Fsp3) is 0.150. The minimum atomic E-state index is -3.24. The molecule has 150 valence electrons. The standard InChI is InChI=1S/C20H19N3O4S2/c1-13(24)14-4-3-5-16(10-14)21-19(25)11-17-12-28-20(23-17)22-15-6-8-18(9-7-15)29(2,26)27/h3-10,12H,11H2,1-2H3,(H,21,25)(H,22,23). The van der Waals surface area contributed by atoms with Crippen LogP contribution in [0.1, 0.15) is 23.0 Å². The maximum absolute atomic E-state index is 12.3. The molecule has 2 aromatic carbocycles. The average molecular weight is 430 g/mol. The van der Waals surface area contributed by atoms with Gasteiger partial charge in [0.2, 0.25) is 5.91 Å². The van der Waals surface area contributed by atoms with Crippen LogP contribution in [0, 0.1) is 0 Å². The van der Waals surface area contributed by atoms with Crippen molar-refractivity contribution in [3.05, 3.63) is 65.2 Å². The Balaban J connectivity index is 1.60. The van der Waals surface area contributed by atoms with Gasteiger partial charge in [-0.15, -0.1) is 11.3 Å². The molecule has 0 spiro atoms. The molecule has 0 radical (unpaired) electrons. The van der Waals surface area contributed by atoms with Crippen LogP contribution in [0.4, 0.5) is 16.5 Å². The summed E-state index contributed by atoms with van der Waals surface area (Å²) in [6.45, 7) is 1.47. The van der Waals surface area contributed by atoms with Gasteiger partial charge in [0.25, 0.3) is 0 Å². The van der Waals surface area contributed by atoms with E-state index < -0.39 is 9.84 Å². The largest absolute Gasteiger partial charge is 0.332 e. The zero-order valence-corrected chi connectivity index (χ0v) is 17.4. The molecule has 0 atom stereocenters. The Morgan fingerprint density at radius 2 is 1.79 bits per heavy atom. The Morgan fingerprint density at radius 3 is 2.45 bits per heavy atom. The summed E-state index contributed by atoms with van der Waals surface area (Å²) in [5, 5.41) is 8.22. The summed E-state index contributed by atoms with van der Waals surface area (Å²) in [4.78, 5) is 28.3. The lowest BCUT2D eigenvalue weighted by Gasteiger charge is -2.05. The number of hydrogen-bond acceptors (Lipinski definition) is 7. The first-order chi connectivity index (χ1) is 13.7. The molecule has 0 bridgehead atoms. The van der Waals surface area contributed by atoms with E-state index in [2.05, 4.69) is 15.6 Å². The van der Waals surface area contributed by atoms with Crippen LogP contribution in [-0.2, 0) is 21.1 Å². The second-order valence-electron chi connectivity index (χ2n) is 6.43. The van der Waals surface area contributed by atoms with Crippen LogP contribution in [-0.4, -0.2) is 31.3 Å². The molecule has 1 aromatic heterocycles. The van der Waals surface area contributed by atoms with E-state index in [0.29, 0.717) is 27.8 Å². The highest BCUT2D eigenvalue weighted by Gasteiger charge is 2.10. The first kappa shape index (κ1) is 20.7. The van der Waals surface area contributed by atoms with Gasteiger partial charge in [0.15, 0.2) is 20.8 Å². The average Bonchev–Trinajstić information content (AvgIpc) is 3.08. The van der Waals surface area contributed by atoms with Gasteiger partial charge in [0.1, 0.15) is 0 Å². The minimum absolute atomic E-state index is 0.0686. The summed E-state index contributed by atoms with van der Waals surface area (Å²) in [5.74, 6) is -0.305. The van der Waals surface area contributed by atoms with Gasteiger partial charge >= 0.3 is 0 Å². The van der Waals surface area contributed by atoms with Crippen molar-refractivity contribution in [2.75, 3.05) is 16.9 Å². The zero-order chi connectivity index (χ0) is 21.0. The summed E-state index contributed by atoms with van der Waals surface area (Å²) in [6, 6.07) is 13.1. The predicted molar refractivity (Wildman–Crippen MR) is 114 cm³/mol. The maximum Gasteiger partial charge on any atom is 0.230 e. The van der Waals surface area contributed by atoms with Crippen molar-refractivity contribution >= 4 is 49.4 Å². The summed E-state index contributed by atoms with van der Waals surface area (Å²) < 4.78 is 23.0. The monoisotopic (exact) mass is 429 g/mol. The fourth-order valence-corrected chi connectivity index (χ4v) is 3.90. The Hall–Kier alpha value is -3.04. The number of benzene rings is 2. The van der Waals surface area contributed by atoms with Gasteiger partial charge in [-0.1, -0.05) is 12.1 Å². The molecule has 3 rings (SSSR count). The van der Waals surface area contributed by atoms with Crippen LogP contribution in [0.25, 0.3) is 0 Å². The highest BCUT2D eigenvalue weighted by atomic mass is 32.2. The van der Waals surface area contributed by atoms with Crippen molar-refractivity contribution < 1.29 is 18.0 Å².